The van der Waals surface area contributed by atoms with Gasteiger partial charge in [0.05, 0.1) is 0 Å². The third kappa shape index (κ3) is 3.30. The summed E-state index contributed by atoms with van der Waals surface area (Å²) < 4.78 is 0. The number of para-hydroxylation sites is 1. The molecule has 1 aliphatic heterocycles. The monoisotopic (exact) mass is 322 g/mol. The number of rotatable bonds is 4. The van der Waals surface area contributed by atoms with Crippen LogP contribution in [-0.4, -0.2) is 37.0 Å². The maximum Gasteiger partial charge on any atom is 0.253 e. The van der Waals surface area contributed by atoms with Crippen molar-refractivity contribution < 1.29 is 4.79 Å². The molecule has 0 aromatic heterocycles. The molecule has 126 valence electrons. The van der Waals surface area contributed by atoms with Crippen LogP contribution in [0.3, 0.4) is 0 Å². The van der Waals surface area contributed by atoms with Gasteiger partial charge >= 0.3 is 0 Å². The fourth-order valence-electron chi connectivity index (χ4n) is 3.52. The molecular weight excluding hydrogens is 296 g/mol. The summed E-state index contributed by atoms with van der Waals surface area (Å²) in [5.41, 5.74) is 5.01. The van der Waals surface area contributed by atoms with E-state index in [2.05, 4.69) is 36.9 Å². The maximum absolute atomic E-state index is 12.6. The van der Waals surface area contributed by atoms with E-state index in [1.807, 2.05) is 35.2 Å². The van der Waals surface area contributed by atoms with Gasteiger partial charge < -0.3 is 9.80 Å². The summed E-state index contributed by atoms with van der Waals surface area (Å²) in [5.74, 6) is 0.148. The van der Waals surface area contributed by atoms with Crippen molar-refractivity contribution in [3.05, 3.63) is 65.2 Å². The van der Waals surface area contributed by atoms with E-state index in [4.69, 9.17) is 0 Å². The Labute approximate surface area is 144 Å². The standard InChI is InChI=1S/C21H26N2O/c1-3-17-11-8-12-18(4-2)20(17)22-13-15-23(16-14-22)21(24)19-9-6-5-7-10-19/h5-12H,3-4,13-16H2,1-2H3. The zero-order valence-corrected chi connectivity index (χ0v) is 14.7. The number of amides is 1. The molecule has 2 aromatic rings. The molecule has 1 amide bonds. The molecule has 0 atom stereocenters. The highest BCUT2D eigenvalue weighted by Gasteiger charge is 2.24. The molecule has 3 heteroatoms. The highest BCUT2D eigenvalue weighted by Crippen LogP contribution is 2.28. The molecule has 1 aliphatic rings. The van der Waals surface area contributed by atoms with Crippen LogP contribution in [0.5, 0.6) is 0 Å². The molecule has 24 heavy (non-hydrogen) atoms. The number of carbonyl (C=O) groups is 1. The van der Waals surface area contributed by atoms with Crippen LogP contribution < -0.4 is 4.90 Å². The van der Waals surface area contributed by atoms with Crippen LogP contribution in [0.25, 0.3) is 0 Å². The van der Waals surface area contributed by atoms with Crippen LogP contribution in [0.1, 0.15) is 35.3 Å². The first-order valence-corrected chi connectivity index (χ1v) is 8.94. The number of hydrogen-bond donors (Lipinski definition) is 0. The number of carbonyl (C=O) groups excluding carboxylic acids is 1. The minimum absolute atomic E-state index is 0.148. The van der Waals surface area contributed by atoms with Gasteiger partial charge in [-0.3, -0.25) is 4.79 Å². The summed E-state index contributed by atoms with van der Waals surface area (Å²) in [7, 11) is 0. The van der Waals surface area contributed by atoms with E-state index in [-0.39, 0.29) is 5.91 Å². The first-order valence-electron chi connectivity index (χ1n) is 8.94. The van der Waals surface area contributed by atoms with Crippen molar-refractivity contribution in [2.75, 3.05) is 31.1 Å². The molecular formula is C21H26N2O. The van der Waals surface area contributed by atoms with Crippen LogP contribution in [0.15, 0.2) is 48.5 Å². The second-order valence-electron chi connectivity index (χ2n) is 6.28. The fourth-order valence-corrected chi connectivity index (χ4v) is 3.52. The second-order valence-corrected chi connectivity index (χ2v) is 6.28. The lowest BCUT2D eigenvalue weighted by molar-refractivity contribution is 0.0746. The highest BCUT2D eigenvalue weighted by molar-refractivity contribution is 5.94. The molecule has 3 nitrogen and oxygen atoms in total. The topological polar surface area (TPSA) is 23.6 Å². The molecule has 0 spiro atoms. The van der Waals surface area contributed by atoms with E-state index in [9.17, 15) is 4.79 Å². The Balaban J connectivity index is 1.73. The summed E-state index contributed by atoms with van der Waals surface area (Å²) >= 11 is 0. The zero-order valence-electron chi connectivity index (χ0n) is 14.7. The van der Waals surface area contributed by atoms with Crippen molar-refractivity contribution in [2.24, 2.45) is 0 Å². The van der Waals surface area contributed by atoms with Gasteiger partial charge in [-0.15, -0.1) is 0 Å². The van der Waals surface area contributed by atoms with Crippen molar-refractivity contribution in [1.82, 2.24) is 4.90 Å². The van der Waals surface area contributed by atoms with Crippen molar-refractivity contribution in [3.63, 3.8) is 0 Å². The van der Waals surface area contributed by atoms with Gasteiger partial charge in [-0.1, -0.05) is 50.2 Å². The van der Waals surface area contributed by atoms with Crippen LogP contribution in [0.4, 0.5) is 5.69 Å². The van der Waals surface area contributed by atoms with E-state index in [1.54, 1.807) is 0 Å². The van der Waals surface area contributed by atoms with Gasteiger partial charge in [-0.2, -0.15) is 0 Å². The number of anilines is 1. The number of hydrogen-bond acceptors (Lipinski definition) is 2. The average molecular weight is 322 g/mol. The van der Waals surface area contributed by atoms with Crippen molar-refractivity contribution in [1.29, 1.82) is 0 Å². The van der Waals surface area contributed by atoms with E-state index in [0.717, 1.165) is 44.6 Å². The summed E-state index contributed by atoms with van der Waals surface area (Å²) in [4.78, 5) is 17.0. The third-order valence-corrected chi connectivity index (χ3v) is 4.87. The smallest absolute Gasteiger partial charge is 0.253 e. The van der Waals surface area contributed by atoms with Crippen LogP contribution >= 0.6 is 0 Å². The van der Waals surface area contributed by atoms with E-state index in [1.165, 1.54) is 16.8 Å². The number of nitrogens with zero attached hydrogens (tertiary/aromatic N) is 2. The number of piperazine rings is 1. The predicted molar refractivity (Wildman–Crippen MR) is 99.8 cm³/mol. The molecule has 0 saturated carbocycles. The lowest BCUT2D eigenvalue weighted by Crippen LogP contribution is -2.49. The minimum Gasteiger partial charge on any atom is -0.368 e. The van der Waals surface area contributed by atoms with E-state index < -0.39 is 0 Å². The maximum atomic E-state index is 12.6. The Bertz CT molecular complexity index is 666. The quantitative estimate of drug-likeness (QED) is 0.855. The van der Waals surface area contributed by atoms with Gasteiger partial charge in [0.1, 0.15) is 0 Å². The lowest BCUT2D eigenvalue weighted by Gasteiger charge is -2.38. The summed E-state index contributed by atoms with van der Waals surface area (Å²) in [6.45, 7) is 7.82. The summed E-state index contributed by atoms with van der Waals surface area (Å²) in [6, 6.07) is 16.2. The van der Waals surface area contributed by atoms with Crippen LogP contribution in [0, 0.1) is 0 Å². The number of aryl methyl sites for hydroxylation is 2. The van der Waals surface area contributed by atoms with Gasteiger partial charge in [0.2, 0.25) is 0 Å². The average Bonchev–Trinajstić information content (AvgIpc) is 2.67. The van der Waals surface area contributed by atoms with Gasteiger partial charge in [0.15, 0.2) is 0 Å². The third-order valence-electron chi connectivity index (χ3n) is 4.87. The second kappa shape index (κ2) is 7.52. The summed E-state index contributed by atoms with van der Waals surface area (Å²) in [5, 5.41) is 0. The molecule has 3 rings (SSSR count). The van der Waals surface area contributed by atoms with Gasteiger partial charge in [0, 0.05) is 37.4 Å². The Hall–Kier alpha value is -2.29. The summed E-state index contributed by atoms with van der Waals surface area (Å²) in [6.07, 6.45) is 2.10. The predicted octanol–water partition coefficient (Wildman–Crippen LogP) is 3.77. The molecule has 0 radical (unpaired) electrons. The van der Waals surface area contributed by atoms with Crippen LogP contribution in [-0.2, 0) is 12.8 Å². The highest BCUT2D eigenvalue weighted by atomic mass is 16.2. The van der Waals surface area contributed by atoms with Gasteiger partial charge in [-0.05, 0) is 36.1 Å². The van der Waals surface area contributed by atoms with E-state index in [0.29, 0.717) is 0 Å². The SMILES string of the molecule is CCc1cccc(CC)c1N1CCN(C(=O)c2ccccc2)CC1. The molecule has 0 bridgehead atoms. The van der Waals surface area contributed by atoms with Crippen molar-refractivity contribution in [2.45, 2.75) is 26.7 Å². The largest absolute Gasteiger partial charge is 0.368 e. The molecule has 0 N–H and O–H groups in total. The van der Waals surface area contributed by atoms with Gasteiger partial charge in [-0.25, -0.2) is 0 Å². The Morgan fingerprint density at radius 1 is 0.833 bits per heavy atom. The molecule has 1 fully saturated rings. The van der Waals surface area contributed by atoms with Gasteiger partial charge in [0.25, 0.3) is 5.91 Å². The molecule has 0 aliphatic carbocycles. The minimum atomic E-state index is 0.148. The molecule has 1 heterocycles. The molecule has 0 unspecified atom stereocenters. The Kier molecular flexibility index (Phi) is 5.19. The lowest BCUT2D eigenvalue weighted by atomic mass is 10.0. The normalized spacial score (nSPS) is 14.8. The van der Waals surface area contributed by atoms with Crippen molar-refractivity contribution >= 4 is 11.6 Å². The molecule has 1 saturated heterocycles. The van der Waals surface area contributed by atoms with E-state index >= 15 is 0 Å². The zero-order chi connectivity index (χ0) is 16.9. The number of benzene rings is 2. The van der Waals surface area contributed by atoms with Crippen LogP contribution in [0.2, 0.25) is 0 Å². The Morgan fingerprint density at radius 2 is 1.42 bits per heavy atom. The van der Waals surface area contributed by atoms with Crippen molar-refractivity contribution in [3.8, 4) is 0 Å². The fraction of sp³-hybridized carbons (Fsp3) is 0.381. The first-order chi connectivity index (χ1) is 11.7. The first kappa shape index (κ1) is 16.6. The Morgan fingerprint density at radius 3 is 1.96 bits per heavy atom. The molecule has 2 aromatic carbocycles.